The van der Waals surface area contributed by atoms with Gasteiger partial charge in [0.1, 0.15) is 0 Å². The van der Waals surface area contributed by atoms with E-state index in [0.29, 0.717) is 34.0 Å². The molecule has 3 aromatic heterocycles. The van der Waals surface area contributed by atoms with Crippen molar-refractivity contribution in [3.63, 3.8) is 0 Å². The summed E-state index contributed by atoms with van der Waals surface area (Å²) in [6, 6.07) is 9.86. The lowest BCUT2D eigenvalue weighted by Gasteiger charge is -2.04. The Morgan fingerprint density at radius 1 is 1.19 bits per heavy atom. The number of thiazole rings is 1. The van der Waals surface area contributed by atoms with Crippen LogP contribution in [-0.4, -0.2) is 33.5 Å². The largest absolute Gasteiger partial charge is 0.356 e. The second kappa shape index (κ2) is 9.05. The Kier molecular flexibility index (Phi) is 6.03. The molecule has 0 atom stereocenters. The van der Waals surface area contributed by atoms with Crippen LogP contribution in [0, 0.1) is 6.92 Å². The van der Waals surface area contributed by atoms with E-state index in [1.54, 1.807) is 13.0 Å². The Morgan fingerprint density at radius 3 is 2.77 bits per heavy atom. The lowest BCUT2D eigenvalue weighted by molar-refractivity contribution is -0.118. The van der Waals surface area contributed by atoms with Crippen molar-refractivity contribution in [2.75, 3.05) is 11.9 Å². The van der Waals surface area contributed by atoms with Crippen molar-refractivity contribution in [3.8, 4) is 11.3 Å². The lowest BCUT2D eigenvalue weighted by Crippen LogP contribution is -2.21. The Labute approximate surface area is 182 Å². The molecule has 0 aliphatic carbocycles. The Bertz CT molecular complexity index is 1230. The summed E-state index contributed by atoms with van der Waals surface area (Å²) in [6.07, 6.45) is 3.24. The number of aryl methyl sites for hydroxylation is 2. The highest BCUT2D eigenvalue weighted by atomic mass is 32.1. The van der Waals surface area contributed by atoms with Gasteiger partial charge in [-0.25, -0.2) is 9.97 Å². The van der Waals surface area contributed by atoms with E-state index in [-0.39, 0.29) is 11.8 Å². The van der Waals surface area contributed by atoms with Crippen LogP contribution in [0.1, 0.15) is 35.0 Å². The topological polar surface area (TPSA) is 110 Å². The number of rotatable bonds is 7. The van der Waals surface area contributed by atoms with Crippen molar-refractivity contribution >= 4 is 39.4 Å². The molecule has 3 heterocycles. The average molecular weight is 436 g/mol. The molecule has 0 radical (unpaired) electrons. The number of nitrogens with one attached hydrogen (secondary N) is 2. The molecule has 2 N–H and O–H groups in total. The number of pyridine rings is 1. The number of anilines is 1. The molecule has 31 heavy (non-hydrogen) atoms. The third-order valence-electron chi connectivity index (χ3n) is 4.76. The van der Waals surface area contributed by atoms with Gasteiger partial charge in [0.25, 0.3) is 11.6 Å². The SMILES string of the molecule is CC(=O)NCCCc1ccc(-c2csc(NC(=O)c3cnc4onc(C)c4c3)n2)cc1. The lowest BCUT2D eigenvalue weighted by atomic mass is 10.1. The second-order valence-electron chi connectivity index (χ2n) is 7.12. The third-order valence-corrected chi connectivity index (χ3v) is 5.52. The van der Waals surface area contributed by atoms with Crippen molar-refractivity contribution < 1.29 is 14.1 Å². The van der Waals surface area contributed by atoms with Crippen LogP contribution in [0.15, 0.2) is 46.4 Å². The number of hydrogen-bond acceptors (Lipinski definition) is 7. The highest BCUT2D eigenvalue weighted by molar-refractivity contribution is 7.14. The van der Waals surface area contributed by atoms with Gasteiger partial charge in [-0.15, -0.1) is 11.3 Å². The van der Waals surface area contributed by atoms with Gasteiger partial charge in [-0.2, -0.15) is 0 Å². The van der Waals surface area contributed by atoms with E-state index < -0.39 is 0 Å². The molecule has 8 nitrogen and oxygen atoms in total. The predicted molar refractivity (Wildman–Crippen MR) is 119 cm³/mol. The molecule has 158 valence electrons. The van der Waals surface area contributed by atoms with E-state index in [4.69, 9.17) is 4.52 Å². The molecule has 0 fully saturated rings. The van der Waals surface area contributed by atoms with Crippen molar-refractivity contribution in [2.24, 2.45) is 0 Å². The minimum Gasteiger partial charge on any atom is -0.356 e. The number of amides is 2. The highest BCUT2D eigenvalue weighted by Gasteiger charge is 2.14. The molecule has 4 aromatic rings. The summed E-state index contributed by atoms with van der Waals surface area (Å²) in [4.78, 5) is 32.2. The van der Waals surface area contributed by atoms with Gasteiger partial charge < -0.3 is 9.84 Å². The molecule has 0 aliphatic heterocycles. The molecule has 2 amide bonds. The Morgan fingerprint density at radius 2 is 2.00 bits per heavy atom. The maximum atomic E-state index is 12.6. The first-order chi connectivity index (χ1) is 15.0. The van der Waals surface area contributed by atoms with Crippen LogP contribution in [-0.2, 0) is 11.2 Å². The summed E-state index contributed by atoms with van der Waals surface area (Å²) < 4.78 is 5.08. The third kappa shape index (κ3) is 4.95. The quantitative estimate of drug-likeness (QED) is 0.425. The summed E-state index contributed by atoms with van der Waals surface area (Å²) >= 11 is 1.37. The van der Waals surface area contributed by atoms with Gasteiger partial charge in [0.05, 0.1) is 22.3 Å². The molecule has 0 saturated carbocycles. The molecular formula is C22H21N5O3S. The smallest absolute Gasteiger partial charge is 0.259 e. The first kappa shape index (κ1) is 20.7. The van der Waals surface area contributed by atoms with Gasteiger partial charge in [-0.3, -0.25) is 14.9 Å². The number of aromatic nitrogens is 3. The van der Waals surface area contributed by atoms with Gasteiger partial charge >= 0.3 is 0 Å². The van der Waals surface area contributed by atoms with Gasteiger partial charge in [-0.05, 0) is 31.4 Å². The standard InChI is InChI=1S/C22H21N5O3S/c1-13-18-10-17(11-24-21(18)30-27-13)20(29)26-22-25-19(12-31-22)16-7-5-15(6-8-16)4-3-9-23-14(2)28/h5-8,10-12H,3-4,9H2,1-2H3,(H,23,28)(H,25,26,29). The van der Waals surface area contributed by atoms with E-state index in [2.05, 4.69) is 37.9 Å². The molecule has 0 unspecified atom stereocenters. The summed E-state index contributed by atoms with van der Waals surface area (Å²) in [5, 5.41) is 12.6. The zero-order valence-electron chi connectivity index (χ0n) is 17.1. The van der Waals surface area contributed by atoms with Crippen molar-refractivity contribution in [2.45, 2.75) is 26.7 Å². The maximum Gasteiger partial charge on any atom is 0.259 e. The normalized spacial score (nSPS) is 10.9. The molecule has 4 rings (SSSR count). The molecular weight excluding hydrogens is 414 g/mol. The monoisotopic (exact) mass is 435 g/mol. The predicted octanol–water partition coefficient (Wildman–Crippen LogP) is 3.98. The van der Waals surface area contributed by atoms with Gasteiger partial charge in [0, 0.05) is 30.6 Å². The molecule has 0 saturated heterocycles. The van der Waals surface area contributed by atoms with E-state index in [0.717, 1.165) is 24.1 Å². The fourth-order valence-electron chi connectivity index (χ4n) is 3.10. The fourth-order valence-corrected chi connectivity index (χ4v) is 3.82. The van der Waals surface area contributed by atoms with Crippen LogP contribution in [0.3, 0.4) is 0 Å². The van der Waals surface area contributed by atoms with Gasteiger partial charge in [-0.1, -0.05) is 29.4 Å². The van der Waals surface area contributed by atoms with Crippen LogP contribution in [0.4, 0.5) is 5.13 Å². The number of carbonyl (C=O) groups is 2. The number of carbonyl (C=O) groups excluding carboxylic acids is 2. The van der Waals surface area contributed by atoms with Gasteiger partial charge in [0.15, 0.2) is 5.13 Å². The first-order valence-electron chi connectivity index (χ1n) is 9.82. The van der Waals surface area contributed by atoms with E-state index in [1.165, 1.54) is 30.0 Å². The molecule has 0 spiro atoms. The second-order valence-corrected chi connectivity index (χ2v) is 7.98. The van der Waals surface area contributed by atoms with Crippen molar-refractivity contribution in [1.29, 1.82) is 0 Å². The molecule has 0 bridgehead atoms. The molecule has 0 aliphatic rings. The Hall–Kier alpha value is -3.59. The van der Waals surface area contributed by atoms with Crippen LogP contribution >= 0.6 is 11.3 Å². The summed E-state index contributed by atoms with van der Waals surface area (Å²) in [7, 11) is 0. The van der Waals surface area contributed by atoms with Crippen LogP contribution < -0.4 is 10.6 Å². The number of hydrogen-bond donors (Lipinski definition) is 2. The van der Waals surface area contributed by atoms with Crippen LogP contribution in [0.2, 0.25) is 0 Å². The van der Waals surface area contributed by atoms with Crippen molar-refractivity contribution in [1.82, 2.24) is 20.4 Å². The molecule has 9 heteroatoms. The van der Waals surface area contributed by atoms with Crippen LogP contribution in [0.5, 0.6) is 0 Å². The van der Waals surface area contributed by atoms with Crippen LogP contribution in [0.25, 0.3) is 22.4 Å². The fraction of sp³-hybridized carbons (Fsp3) is 0.227. The zero-order valence-corrected chi connectivity index (χ0v) is 18.0. The minimum atomic E-state index is -0.287. The minimum absolute atomic E-state index is 0.00723. The first-order valence-corrected chi connectivity index (χ1v) is 10.7. The number of nitrogens with zero attached hydrogens (tertiary/aromatic N) is 3. The van der Waals surface area contributed by atoms with E-state index in [1.807, 2.05) is 17.5 Å². The van der Waals surface area contributed by atoms with Gasteiger partial charge in [0.2, 0.25) is 5.91 Å². The number of benzene rings is 1. The van der Waals surface area contributed by atoms with Crippen molar-refractivity contribution in [3.05, 3.63) is 58.7 Å². The summed E-state index contributed by atoms with van der Waals surface area (Å²) in [5.74, 6) is -0.294. The summed E-state index contributed by atoms with van der Waals surface area (Å²) in [6.45, 7) is 3.99. The number of fused-ring (bicyclic) bond motifs is 1. The average Bonchev–Trinajstić information content (AvgIpc) is 3.38. The zero-order chi connectivity index (χ0) is 21.8. The Balaban J connectivity index is 1.38. The molecule has 1 aromatic carbocycles. The maximum absolute atomic E-state index is 12.6. The highest BCUT2D eigenvalue weighted by Crippen LogP contribution is 2.26. The van der Waals surface area contributed by atoms with E-state index >= 15 is 0 Å². The van der Waals surface area contributed by atoms with E-state index in [9.17, 15) is 9.59 Å². The summed E-state index contributed by atoms with van der Waals surface area (Å²) in [5.41, 5.74) is 4.49.